The van der Waals surface area contributed by atoms with Crippen LogP contribution in [-0.2, 0) is 25.8 Å². The number of hydrogen-bond donors (Lipinski definition) is 0. The van der Waals surface area contributed by atoms with Crippen LogP contribution in [0.25, 0.3) is 22.6 Å². The lowest BCUT2D eigenvalue weighted by molar-refractivity contribution is -0.137. The summed E-state index contributed by atoms with van der Waals surface area (Å²) in [5, 5.41) is 4.40. The lowest BCUT2D eigenvalue weighted by atomic mass is 9.95. The fourth-order valence-electron chi connectivity index (χ4n) is 5.46. The van der Waals surface area contributed by atoms with Gasteiger partial charge in [-0.1, -0.05) is 38.3 Å². The number of halogens is 3. The van der Waals surface area contributed by atoms with Crippen molar-refractivity contribution >= 4 is 11.2 Å². The van der Waals surface area contributed by atoms with Crippen molar-refractivity contribution < 1.29 is 13.2 Å². The van der Waals surface area contributed by atoms with Gasteiger partial charge in [0.15, 0.2) is 11.2 Å². The summed E-state index contributed by atoms with van der Waals surface area (Å²) in [6, 6.07) is 5.24. The second kappa shape index (κ2) is 10.3. The van der Waals surface area contributed by atoms with Gasteiger partial charge in [-0.3, -0.25) is 18.6 Å². The highest BCUT2D eigenvalue weighted by molar-refractivity contribution is 5.77. The third-order valence-electron chi connectivity index (χ3n) is 7.25. The van der Waals surface area contributed by atoms with Crippen molar-refractivity contribution in [3.8, 4) is 11.4 Å². The highest BCUT2D eigenvalue weighted by Gasteiger charge is 2.31. The van der Waals surface area contributed by atoms with Gasteiger partial charge in [-0.2, -0.15) is 18.3 Å². The number of hydrogen-bond acceptors (Lipinski definition) is 4. The Bertz CT molecular complexity index is 1570. The Morgan fingerprint density at radius 3 is 2.50 bits per heavy atom. The molecule has 1 saturated carbocycles. The van der Waals surface area contributed by atoms with Crippen LogP contribution in [0.3, 0.4) is 0 Å². The number of rotatable bonds is 7. The molecule has 1 fully saturated rings. The zero-order chi connectivity index (χ0) is 27.0. The molecule has 11 heteroatoms. The summed E-state index contributed by atoms with van der Waals surface area (Å²) in [5.74, 6) is 0.551. The molecule has 1 aliphatic rings. The molecule has 0 saturated heterocycles. The molecule has 0 radical (unpaired) electrons. The van der Waals surface area contributed by atoms with E-state index in [-0.39, 0.29) is 23.8 Å². The molecule has 5 rings (SSSR count). The first-order valence-electron chi connectivity index (χ1n) is 13.2. The predicted molar refractivity (Wildman–Crippen MR) is 138 cm³/mol. The van der Waals surface area contributed by atoms with E-state index >= 15 is 0 Å². The number of imidazole rings is 1. The molecule has 0 bridgehead atoms. The topological polar surface area (TPSA) is 79.6 Å². The Labute approximate surface area is 217 Å². The van der Waals surface area contributed by atoms with Crippen LogP contribution in [0, 0.1) is 0 Å². The fourth-order valence-corrected chi connectivity index (χ4v) is 5.46. The van der Waals surface area contributed by atoms with Gasteiger partial charge in [-0.25, -0.2) is 9.78 Å². The Morgan fingerprint density at radius 2 is 1.82 bits per heavy atom. The van der Waals surface area contributed by atoms with Crippen LogP contribution < -0.4 is 11.2 Å². The van der Waals surface area contributed by atoms with Gasteiger partial charge in [0.2, 0.25) is 0 Å². The maximum absolute atomic E-state index is 13.7. The molecule has 0 atom stereocenters. The van der Waals surface area contributed by atoms with Crippen LogP contribution in [0.15, 0.2) is 46.2 Å². The van der Waals surface area contributed by atoms with Crippen LogP contribution >= 0.6 is 0 Å². The molecule has 0 amide bonds. The zero-order valence-electron chi connectivity index (χ0n) is 21.5. The van der Waals surface area contributed by atoms with Crippen molar-refractivity contribution in [1.29, 1.82) is 0 Å². The molecule has 0 spiro atoms. The minimum Gasteiger partial charge on any atom is -0.315 e. The van der Waals surface area contributed by atoms with Crippen molar-refractivity contribution in [3.63, 3.8) is 0 Å². The summed E-state index contributed by atoms with van der Waals surface area (Å²) in [7, 11) is 0. The minimum absolute atomic E-state index is 0.0566. The van der Waals surface area contributed by atoms with Crippen LogP contribution in [0.5, 0.6) is 0 Å². The second-order valence-electron chi connectivity index (χ2n) is 9.88. The van der Waals surface area contributed by atoms with E-state index in [9.17, 15) is 22.8 Å². The Kier molecular flexibility index (Phi) is 7.02. The average molecular weight is 529 g/mol. The highest BCUT2D eigenvalue weighted by Crippen LogP contribution is 2.35. The average Bonchev–Trinajstić information content (AvgIpc) is 3.52. The molecule has 202 valence electrons. The van der Waals surface area contributed by atoms with E-state index in [0.29, 0.717) is 47.6 Å². The van der Waals surface area contributed by atoms with E-state index in [1.807, 2.05) is 18.4 Å². The molecule has 38 heavy (non-hydrogen) atoms. The molecule has 8 nitrogen and oxygen atoms in total. The minimum atomic E-state index is -4.42. The number of fused-ring (bicyclic) bond motifs is 1. The van der Waals surface area contributed by atoms with Gasteiger partial charge >= 0.3 is 11.9 Å². The van der Waals surface area contributed by atoms with Crippen LogP contribution in [0.1, 0.15) is 69.5 Å². The number of aryl methyl sites for hydroxylation is 1. The second-order valence-corrected chi connectivity index (χ2v) is 9.88. The van der Waals surface area contributed by atoms with Crippen LogP contribution in [0.4, 0.5) is 13.2 Å². The summed E-state index contributed by atoms with van der Waals surface area (Å²) < 4.78 is 45.9. The van der Waals surface area contributed by atoms with Gasteiger partial charge in [0, 0.05) is 25.3 Å². The first kappa shape index (κ1) is 26.0. The van der Waals surface area contributed by atoms with Gasteiger partial charge in [0.1, 0.15) is 5.82 Å². The third kappa shape index (κ3) is 4.69. The first-order valence-corrected chi connectivity index (χ1v) is 13.2. The van der Waals surface area contributed by atoms with Crippen molar-refractivity contribution in [1.82, 2.24) is 28.5 Å². The standard InChI is InChI=1S/C27H31F3N6O2/c1-3-13-35-25(37)22-24(34(4-2)26(35)38)32-23(36(22)21-11-6-5-7-12-21)19-15-31-33(17-19)16-18-9-8-10-20(14-18)27(28,29)30/h8-10,14-15,17,21H,3-7,11-13,16H2,1-2H3. The molecule has 1 aromatic carbocycles. The molecule has 0 N–H and O–H groups in total. The van der Waals surface area contributed by atoms with Gasteiger partial charge in [0.05, 0.1) is 23.9 Å². The maximum Gasteiger partial charge on any atom is 0.416 e. The summed E-state index contributed by atoms with van der Waals surface area (Å²) >= 11 is 0. The van der Waals surface area contributed by atoms with E-state index < -0.39 is 11.7 Å². The van der Waals surface area contributed by atoms with E-state index in [0.717, 1.165) is 44.2 Å². The largest absolute Gasteiger partial charge is 0.416 e. The van der Waals surface area contributed by atoms with Gasteiger partial charge in [-0.15, -0.1) is 0 Å². The maximum atomic E-state index is 13.7. The molecule has 3 heterocycles. The molecule has 0 aliphatic heterocycles. The van der Waals surface area contributed by atoms with Crippen LogP contribution in [-0.4, -0.2) is 28.5 Å². The van der Waals surface area contributed by atoms with Gasteiger partial charge in [0.25, 0.3) is 5.56 Å². The Balaban J connectivity index is 1.64. The number of benzene rings is 1. The SMILES string of the molecule is CCCn1c(=O)c2c(nc(-c3cnn(Cc4cccc(C(F)(F)F)c4)c3)n2C2CCCCC2)n(CC)c1=O. The molecule has 3 aromatic heterocycles. The summed E-state index contributed by atoms with van der Waals surface area (Å²) in [5.41, 5.74) is 0.493. The predicted octanol–water partition coefficient (Wildman–Crippen LogP) is 5.23. The monoisotopic (exact) mass is 528 g/mol. The van der Waals surface area contributed by atoms with Crippen molar-refractivity contribution in [2.24, 2.45) is 0 Å². The normalized spacial score (nSPS) is 15.0. The smallest absolute Gasteiger partial charge is 0.315 e. The zero-order valence-corrected chi connectivity index (χ0v) is 21.5. The molecule has 0 unspecified atom stereocenters. The third-order valence-corrected chi connectivity index (χ3v) is 7.25. The molecular formula is C27H31F3N6O2. The Morgan fingerprint density at radius 1 is 1.05 bits per heavy atom. The molecule has 1 aliphatic carbocycles. The van der Waals surface area contributed by atoms with E-state index in [1.165, 1.54) is 10.6 Å². The Hall–Kier alpha value is -3.63. The van der Waals surface area contributed by atoms with Crippen molar-refractivity contribution in [3.05, 3.63) is 68.6 Å². The fraction of sp³-hybridized carbons (Fsp3) is 0.481. The van der Waals surface area contributed by atoms with Gasteiger partial charge < -0.3 is 4.57 Å². The first-order chi connectivity index (χ1) is 18.2. The van der Waals surface area contributed by atoms with E-state index in [1.54, 1.807) is 27.7 Å². The summed E-state index contributed by atoms with van der Waals surface area (Å²) in [6.45, 7) is 4.63. The van der Waals surface area contributed by atoms with Crippen LogP contribution in [0.2, 0.25) is 0 Å². The van der Waals surface area contributed by atoms with E-state index in [4.69, 9.17) is 4.98 Å². The van der Waals surface area contributed by atoms with E-state index in [2.05, 4.69) is 5.10 Å². The number of aromatic nitrogens is 6. The summed E-state index contributed by atoms with van der Waals surface area (Å²) in [6.07, 6.45) is 4.59. The van der Waals surface area contributed by atoms with Crippen molar-refractivity contribution in [2.45, 2.75) is 84.2 Å². The number of alkyl halides is 3. The van der Waals surface area contributed by atoms with Crippen molar-refractivity contribution in [2.75, 3.05) is 0 Å². The quantitative estimate of drug-likeness (QED) is 0.329. The van der Waals surface area contributed by atoms with Gasteiger partial charge in [-0.05, 0) is 43.9 Å². The number of nitrogens with zero attached hydrogens (tertiary/aromatic N) is 6. The lowest BCUT2D eigenvalue weighted by Gasteiger charge is -2.25. The lowest BCUT2D eigenvalue weighted by Crippen LogP contribution is -2.40. The molecule has 4 aromatic rings. The highest BCUT2D eigenvalue weighted by atomic mass is 19.4. The summed E-state index contributed by atoms with van der Waals surface area (Å²) in [4.78, 5) is 31.6. The molecular weight excluding hydrogens is 497 g/mol.